The van der Waals surface area contributed by atoms with Gasteiger partial charge in [0.1, 0.15) is 0 Å². The number of amides is 1. The third-order valence-corrected chi connectivity index (χ3v) is 2.80. The molecule has 0 atom stereocenters. The normalized spacial score (nSPS) is 9.90. The third-order valence-electron chi connectivity index (χ3n) is 2.80. The van der Waals surface area contributed by atoms with Crippen molar-refractivity contribution in [2.75, 3.05) is 25.3 Å². The van der Waals surface area contributed by atoms with Crippen LogP contribution in [-0.2, 0) is 4.79 Å². The minimum atomic E-state index is 0.326. The highest BCUT2D eigenvalue weighted by molar-refractivity contribution is 5.79. The number of benzene rings is 1. The average Bonchev–Trinajstić information content (AvgIpc) is 2.49. The fraction of sp³-hybridized carbons (Fsp3) is 0.143. The number of pyridine rings is 1. The van der Waals surface area contributed by atoms with Crippen molar-refractivity contribution in [3.8, 4) is 22.8 Å². The summed E-state index contributed by atoms with van der Waals surface area (Å²) in [6.07, 6.45) is 0.539. The van der Waals surface area contributed by atoms with E-state index in [9.17, 15) is 4.79 Å². The number of nitrogen functional groups attached to an aromatic ring is 1. The number of hydrogen-bond acceptors (Lipinski definition) is 5. The minimum absolute atomic E-state index is 0.326. The van der Waals surface area contributed by atoms with E-state index in [0.717, 1.165) is 5.56 Å². The number of anilines is 2. The van der Waals surface area contributed by atoms with Crippen molar-refractivity contribution in [1.82, 2.24) is 4.98 Å². The lowest BCUT2D eigenvalue weighted by Crippen LogP contribution is -2.02. The van der Waals surface area contributed by atoms with Gasteiger partial charge in [-0.15, -0.1) is 0 Å². The van der Waals surface area contributed by atoms with E-state index in [4.69, 9.17) is 15.2 Å². The molecule has 0 aliphatic heterocycles. The van der Waals surface area contributed by atoms with Crippen LogP contribution in [0.5, 0.6) is 11.5 Å². The maximum absolute atomic E-state index is 10.5. The lowest BCUT2D eigenvalue weighted by Gasteiger charge is -2.10. The van der Waals surface area contributed by atoms with Gasteiger partial charge in [-0.1, -0.05) is 0 Å². The van der Waals surface area contributed by atoms with Crippen LogP contribution in [0.1, 0.15) is 0 Å². The fourth-order valence-corrected chi connectivity index (χ4v) is 1.80. The number of carbonyl (C=O) groups is 1. The molecule has 2 aromatic rings. The molecule has 1 amide bonds. The highest BCUT2D eigenvalue weighted by Gasteiger charge is 2.09. The Balaban J connectivity index is 2.45. The molecule has 104 valence electrons. The van der Waals surface area contributed by atoms with Gasteiger partial charge in [-0.05, 0) is 30.3 Å². The summed E-state index contributed by atoms with van der Waals surface area (Å²) in [5.74, 6) is 1.57. The first-order valence-corrected chi connectivity index (χ1v) is 5.88. The van der Waals surface area contributed by atoms with E-state index >= 15 is 0 Å². The first-order chi connectivity index (χ1) is 9.69. The Morgan fingerprint density at radius 2 is 1.90 bits per heavy atom. The molecule has 6 nitrogen and oxygen atoms in total. The van der Waals surface area contributed by atoms with Gasteiger partial charge < -0.3 is 20.5 Å². The standard InChI is InChI=1S/C14H15N3O3/c1-19-12-6-3-9(7-13(12)20-2)11-5-4-10(15)14(17-11)16-8-18/h3-8H,15H2,1-2H3,(H,16,17,18). The molecule has 3 N–H and O–H groups in total. The van der Waals surface area contributed by atoms with E-state index in [1.54, 1.807) is 32.4 Å². The summed E-state index contributed by atoms with van der Waals surface area (Å²) in [6.45, 7) is 0. The number of rotatable bonds is 5. The Bertz CT molecular complexity index is 629. The van der Waals surface area contributed by atoms with Crippen LogP contribution in [0.15, 0.2) is 30.3 Å². The second kappa shape index (κ2) is 5.92. The van der Waals surface area contributed by atoms with Gasteiger partial charge in [0.2, 0.25) is 6.41 Å². The van der Waals surface area contributed by atoms with Crippen LogP contribution in [0, 0.1) is 0 Å². The smallest absolute Gasteiger partial charge is 0.212 e. The van der Waals surface area contributed by atoms with Crippen molar-refractivity contribution in [2.45, 2.75) is 0 Å². The Hall–Kier alpha value is -2.76. The van der Waals surface area contributed by atoms with Gasteiger partial charge in [0.05, 0.1) is 25.6 Å². The minimum Gasteiger partial charge on any atom is -0.493 e. The second-order valence-corrected chi connectivity index (χ2v) is 3.97. The molecule has 20 heavy (non-hydrogen) atoms. The summed E-state index contributed by atoms with van der Waals surface area (Å²) in [5.41, 5.74) is 7.63. The molecular formula is C14H15N3O3. The molecule has 1 aromatic carbocycles. The largest absolute Gasteiger partial charge is 0.493 e. The zero-order valence-electron chi connectivity index (χ0n) is 11.2. The summed E-state index contributed by atoms with van der Waals surface area (Å²) in [7, 11) is 3.14. The van der Waals surface area contributed by atoms with E-state index in [2.05, 4.69) is 10.3 Å². The number of hydrogen-bond donors (Lipinski definition) is 2. The van der Waals surface area contributed by atoms with Gasteiger partial charge in [-0.3, -0.25) is 4.79 Å². The molecule has 1 heterocycles. The molecular weight excluding hydrogens is 258 g/mol. The third kappa shape index (κ3) is 2.64. The van der Waals surface area contributed by atoms with E-state index in [1.165, 1.54) is 0 Å². The quantitative estimate of drug-likeness (QED) is 0.813. The first-order valence-electron chi connectivity index (χ1n) is 5.88. The van der Waals surface area contributed by atoms with Crippen LogP contribution < -0.4 is 20.5 Å². The van der Waals surface area contributed by atoms with Gasteiger partial charge in [0.25, 0.3) is 0 Å². The lowest BCUT2D eigenvalue weighted by atomic mass is 10.1. The van der Waals surface area contributed by atoms with Gasteiger partial charge in [0.15, 0.2) is 17.3 Å². The SMILES string of the molecule is COc1ccc(-c2ccc(N)c(NC=O)n2)cc1OC. The van der Waals surface area contributed by atoms with E-state index in [-0.39, 0.29) is 0 Å². The second-order valence-electron chi connectivity index (χ2n) is 3.97. The predicted molar refractivity (Wildman–Crippen MR) is 76.9 cm³/mol. The molecule has 0 bridgehead atoms. The van der Waals surface area contributed by atoms with Crippen LogP contribution >= 0.6 is 0 Å². The summed E-state index contributed by atoms with van der Waals surface area (Å²) < 4.78 is 10.4. The number of nitrogens with zero attached hydrogens (tertiary/aromatic N) is 1. The molecule has 0 saturated carbocycles. The summed E-state index contributed by atoms with van der Waals surface area (Å²) >= 11 is 0. The summed E-state index contributed by atoms with van der Waals surface area (Å²) in [6, 6.07) is 8.91. The van der Waals surface area contributed by atoms with Crippen molar-refractivity contribution in [1.29, 1.82) is 0 Å². The Morgan fingerprint density at radius 1 is 1.15 bits per heavy atom. The van der Waals surface area contributed by atoms with Gasteiger partial charge in [-0.25, -0.2) is 4.98 Å². The average molecular weight is 273 g/mol. The van der Waals surface area contributed by atoms with Gasteiger partial charge >= 0.3 is 0 Å². The zero-order valence-corrected chi connectivity index (χ0v) is 11.2. The molecule has 6 heteroatoms. The van der Waals surface area contributed by atoms with Crippen molar-refractivity contribution >= 4 is 17.9 Å². The maximum atomic E-state index is 10.5. The number of carbonyl (C=O) groups excluding carboxylic acids is 1. The fourth-order valence-electron chi connectivity index (χ4n) is 1.80. The van der Waals surface area contributed by atoms with Crippen molar-refractivity contribution in [3.05, 3.63) is 30.3 Å². The number of ether oxygens (including phenoxy) is 2. The molecule has 0 unspecified atom stereocenters. The first kappa shape index (κ1) is 13.7. The molecule has 0 radical (unpaired) electrons. The molecule has 0 aliphatic carbocycles. The van der Waals surface area contributed by atoms with Crippen LogP contribution in [0.4, 0.5) is 11.5 Å². The predicted octanol–water partition coefficient (Wildman–Crippen LogP) is 1.92. The number of methoxy groups -OCH3 is 2. The molecule has 0 fully saturated rings. The monoisotopic (exact) mass is 273 g/mol. The highest BCUT2D eigenvalue weighted by atomic mass is 16.5. The van der Waals surface area contributed by atoms with Crippen molar-refractivity contribution < 1.29 is 14.3 Å². The maximum Gasteiger partial charge on any atom is 0.212 e. The van der Waals surface area contributed by atoms with Crippen LogP contribution in [0.2, 0.25) is 0 Å². The van der Waals surface area contributed by atoms with Crippen LogP contribution in [0.25, 0.3) is 11.3 Å². The number of nitrogens with one attached hydrogen (secondary N) is 1. The van der Waals surface area contributed by atoms with Crippen LogP contribution in [-0.4, -0.2) is 25.6 Å². The van der Waals surface area contributed by atoms with E-state index in [0.29, 0.717) is 35.1 Å². The Morgan fingerprint density at radius 3 is 2.55 bits per heavy atom. The highest BCUT2D eigenvalue weighted by Crippen LogP contribution is 2.32. The zero-order chi connectivity index (χ0) is 14.5. The number of nitrogens with two attached hydrogens (primary N) is 1. The summed E-state index contributed by atoms with van der Waals surface area (Å²) in [4.78, 5) is 14.8. The lowest BCUT2D eigenvalue weighted by molar-refractivity contribution is -0.105. The topological polar surface area (TPSA) is 86.5 Å². The molecule has 0 spiro atoms. The van der Waals surface area contributed by atoms with Gasteiger partial charge in [0, 0.05) is 5.56 Å². The Labute approximate surface area is 116 Å². The molecule has 2 rings (SSSR count). The van der Waals surface area contributed by atoms with Crippen LogP contribution in [0.3, 0.4) is 0 Å². The molecule has 0 saturated heterocycles. The van der Waals surface area contributed by atoms with Crippen molar-refractivity contribution in [3.63, 3.8) is 0 Å². The molecule has 0 aliphatic rings. The Kier molecular flexibility index (Phi) is 4.05. The van der Waals surface area contributed by atoms with E-state index in [1.807, 2.05) is 12.1 Å². The number of aromatic nitrogens is 1. The van der Waals surface area contributed by atoms with E-state index < -0.39 is 0 Å². The van der Waals surface area contributed by atoms with Crippen molar-refractivity contribution in [2.24, 2.45) is 0 Å². The molecule has 1 aromatic heterocycles. The van der Waals surface area contributed by atoms with Gasteiger partial charge in [-0.2, -0.15) is 0 Å². The summed E-state index contributed by atoms with van der Waals surface area (Å²) in [5, 5.41) is 2.46.